The van der Waals surface area contributed by atoms with Crippen molar-refractivity contribution in [1.82, 2.24) is 4.90 Å². The third kappa shape index (κ3) is 6.61. The lowest BCUT2D eigenvalue weighted by Crippen LogP contribution is -2.42. The topological polar surface area (TPSA) is 66.9 Å². The maximum atomic E-state index is 14.0. The average Bonchev–Trinajstić information content (AvgIpc) is 2.93. The van der Waals surface area contributed by atoms with Crippen molar-refractivity contribution in [3.63, 3.8) is 0 Å². The van der Waals surface area contributed by atoms with E-state index >= 15 is 0 Å². The van der Waals surface area contributed by atoms with Crippen LogP contribution in [0.1, 0.15) is 23.6 Å². The van der Waals surface area contributed by atoms with Crippen molar-refractivity contribution in [2.24, 2.45) is 0 Å². The summed E-state index contributed by atoms with van der Waals surface area (Å²) in [4.78, 5) is 15.7. The fourth-order valence-electron chi connectivity index (χ4n) is 4.14. The van der Waals surface area contributed by atoms with E-state index in [9.17, 15) is 13.2 Å². The molecular formula is C31H32N2O4S. The van der Waals surface area contributed by atoms with Gasteiger partial charge in [0.1, 0.15) is 12.3 Å². The van der Waals surface area contributed by atoms with E-state index in [0.29, 0.717) is 31.1 Å². The molecule has 0 aliphatic heterocycles. The molecule has 4 rings (SSSR count). The molecule has 0 bridgehead atoms. The maximum Gasteiger partial charge on any atom is 0.264 e. The van der Waals surface area contributed by atoms with Crippen molar-refractivity contribution in [2.75, 3.05) is 17.5 Å². The Bertz CT molecular complexity index is 1400. The van der Waals surface area contributed by atoms with Crippen LogP contribution in [0.25, 0.3) is 0 Å². The average molecular weight is 529 g/mol. The molecule has 0 aliphatic rings. The lowest BCUT2D eigenvalue weighted by molar-refractivity contribution is -0.130. The summed E-state index contributed by atoms with van der Waals surface area (Å²) < 4.78 is 34.9. The highest BCUT2D eigenvalue weighted by atomic mass is 32.2. The predicted octanol–water partition coefficient (Wildman–Crippen LogP) is 5.82. The van der Waals surface area contributed by atoms with Crippen LogP contribution in [0.2, 0.25) is 0 Å². The number of hydrogen-bond donors (Lipinski definition) is 0. The monoisotopic (exact) mass is 528 g/mol. The largest absolute Gasteiger partial charge is 0.492 e. The quantitative estimate of drug-likeness (QED) is 0.246. The van der Waals surface area contributed by atoms with Crippen molar-refractivity contribution < 1.29 is 17.9 Å². The molecule has 0 saturated heterocycles. The standard InChI is InChI=1S/C31H32N2O4S/c1-3-37-30-17-11-10-16-29(30)33(38(35,36)28-20-18-25(2)19-21-28)24-31(34)32(22-26-12-6-4-7-13-26)23-27-14-8-5-9-15-27/h4-21H,3,22-24H2,1-2H3. The summed E-state index contributed by atoms with van der Waals surface area (Å²) in [7, 11) is -4.08. The van der Waals surface area contributed by atoms with E-state index in [1.54, 1.807) is 53.4 Å². The summed E-state index contributed by atoms with van der Waals surface area (Å²) in [5, 5.41) is 0. The lowest BCUT2D eigenvalue weighted by Gasteiger charge is -2.29. The Balaban J connectivity index is 1.74. The molecule has 7 heteroatoms. The second-order valence-electron chi connectivity index (χ2n) is 8.95. The number of amides is 1. The molecule has 4 aromatic carbocycles. The van der Waals surface area contributed by atoms with Gasteiger partial charge in [-0.2, -0.15) is 0 Å². The lowest BCUT2D eigenvalue weighted by atomic mass is 10.1. The van der Waals surface area contributed by atoms with Crippen molar-refractivity contribution >= 4 is 21.6 Å². The first-order valence-corrected chi connectivity index (χ1v) is 14.0. The number of nitrogens with zero attached hydrogens (tertiary/aromatic N) is 2. The van der Waals surface area contributed by atoms with Crippen LogP contribution in [-0.4, -0.2) is 32.4 Å². The first-order valence-electron chi connectivity index (χ1n) is 12.6. The second kappa shape index (κ2) is 12.4. The van der Waals surface area contributed by atoms with Crippen molar-refractivity contribution in [2.45, 2.75) is 31.8 Å². The zero-order valence-electron chi connectivity index (χ0n) is 21.7. The summed E-state index contributed by atoms with van der Waals surface area (Å²) >= 11 is 0. The number of carbonyl (C=O) groups is 1. The first-order chi connectivity index (χ1) is 18.4. The van der Waals surface area contributed by atoms with E-state index in [-0.39, 0.29) is 17.3 Å². The van der Waals surface area contributed by atoms with Gasteiger partial charge in [-0.3, -0.25) is 9.10 Å². The van der Waals surface area contributed by atoms with Crippen LogP contribution in [-0.2, 0) is 27.9 Å². The van der Waals surface area contributed by atoms with Gasteiger partial charge in [0.05, 0.1) is 17.2 Å². The molecule has 0 radical (unpaired) electrons. The number of ether oxygens (including phenoxy) is 1. The van der Waals surface area contributed by atoms with Gasteiger partial charge in [0.15, 0.2) is 0 Å². The number of rotatable bonds is 11. The van der Waals surface area contributed by atoms with E-state index in [2.05, 4.69) is 0 Å². The highest BCUT2D eigenvalue weighted by molar-refractivity contribution is 7.92. The van der Waals surface area contributed by atoms with Crippen LogP contribution in [0.3, 0.4) is 0 Å². The minimum Gasteiger partial charge on any atom is -0.492 e. The summed E-state index contributed by atoms with van der Waals surface area (Å²) in [6, 6.07) is 32.9. The zero-order valence-corrected chi connectivity index (χ0v) is 22.5. The Morgan fingerprint density at radius 2 is 1.26 bits per heavy atom. The molecule has 0 saturated carbocycles. The molecule has 0 spiro atoms. The van der Waals surface area contributed by atoms with Gasteiger partial charge in [-0.15, -0.1) is 0 Å². The fourth-order valence-corrected chi connectivity index (χ4v) is 5.57. The van der Waals surface area contributed by atoms with Crippen molar-refractivity contribution in [3.05, 3.63) is 126 Å². The minimum absolute atomic E-state index is 0.111. The molecule has 0 N–H and O–H groups in total. The highest BCUT2D eigenvalue weighted by Crippen LogP contribution is 2.33. The van der Waals surface area contributed by atoms with Crippen molar-refractivity contribution in [1.29, 1.82) is 0 Å². The number of aryl methyl sites for hydroxylation is 1. The SMILES string of the molecule is CCOc1ccccc1N(CC(=O)N(Cc1ccccc1)Cc1ccccc1)S(=O)(=O)c1ccc(C)cc1. The molecule has 0 aromatic heterocycles. The third-order valence-electron chi connectivity index (χ3n) is 6.11. The van der Waals surface area contributed by atoms with Crippen LogP contribution in [0.15, 0.2) is 114 Å². The molecule has 0 fully saturated rings. The number of benzene rings is 4. The van der Waals surface area contributed by atoms with Gasteiger partial charge in [-0.25, -0.2) is 8.42 Å². The summed E-state index contributed by atoms with van der Waals surface area (Å²) in [6.45, 7) is 4.41. The minimum atomic E-state index is -4.08. The van der Waals surface area contributed by atoms with Gasteiger partial charge in [0, 0.05) is 13.1 Å². The van der Waals surface area contributed by atoms with E-state index in [4.69, 9.17) is 4.74 Å². The maximum absolute atomic E-state index is 14.0. The Kier molecular flexibility index (Phi) is 8.81. The number of para-hydroxylation sites is 2. The molecule has 0 unspecified atom stereocenters. The molecule has 0 heterocycles. The van der Waals surface area contributed by atoms with E-state index in [0.717, 1.165) is 21.0 Å². The van der Waals surface area contributed by atoms with Crippen molar-refractivity contribution in [3.8, 4) is 5.75 Å². The molecule has 4 aromatic rings. The number of hydrogen-bond acceptors (Lipinski definition) is 4. The fraction of sp³-hybridized carbons (Fsp3) is 0.194. The van der Waals surface area contributed by atoms with E-state index < -0.39 is 10.0 Å². The van der Waals surface area contributed by atoms with Gasteiger partial charge in [0.25, 0.3) is 10.0 Å². The van der Waals surface area contributed by atoms with Gasteiger partial charge in [0.2, 0.25) is 5.91 Å². The van der Waals surface area contributed by atoms with E-state index in [1.165, 1.54) is 0 Å². The summed E-state index contributed by atoms with van der Waals surface area (Å²) in [6.07, 6.45) is 0. The zero-order chi connectivity index (χ0) is 27.0. The van der Waals surface area contributed by atoms with E-state index in [1.807, 2.05) is 74.5 Å². The normalized spacial score (nSPS) is 11.1. The van der Waals surface area contributed by atoms with Gasteiger partial charge in [-0.1, -0.05) is 90.5 Å². The number of carbonyl (C=O) groups excluding carboxylic acids is 1. The number of anilines is 1. The Morgan fingerprint density at radius 3 is 1.82 bits per heavy atom. The highest BCUT2D eigenvalue weighted by Gasteiger charge is 2.31. The van der Waals surface area contributed by atoms with Gasteiger partial charge >= 0.3 is 0 Å². The number of sulfonamides is 1. The molecule has 0 aliphatic carbocycles. The second-order valence-corrected chi connectivity index (χ2v) is 10.8. The van der Waals surface area contributed by atoms with Crippen LogP contribution < -0.4 is 9.04 Å². The van der Waals surface area contributed by atoms with Crippen LogP contribution in [0.4, 0.5) is 5.69 Å². The Morgan fingerprint density at radius 1 is 0.737 bits per heavy atom. The molecule has 196 valence electrons. The van der Waals surface area contributed by atoms with Gasteiger partial charge in [-0.05, 0) is 49.2 Å². The molecule has 6 nitrogen and oxygen atoms in total. The van der Waals surface area contributed by atoms with Gasteiger partial charge < -0.3 is 9.64 Å². The summed E-state index contributed by atoms with van der Waals surface area (Å²) in [5.41, 5.74) is 3.18. The van der Waals surface area contributed by atoms with Crippen LogP contribution in [0, 0.1) is 6.92 Å². The molecule has 1 amide bonds. The molecule has 0 atom stereocenters. The Hall–Kier alpha value is -4.10. The summed E-state index contributed by atoms with van der Waals surface area (Å²) in [5.74, 6) is 0.0795. The smallest absolute Gasteiger partial charge is 0.264 e. The Labute approximate surface area is 225 Å². The predicted molar refractivity (Wildman–Crippen MR) is 150 cm³/mol. The van der Waals surface area contributed by atoms with Crippen LogP contribution in [0.5, 0.6) is 5.75 Å². The molecular weight excluding hydrogens is 496 g/mol. The molecule has 38 heavy (non-hydrogen) atoms. The first kappa shape index (κ1) is 26.9. The van der Waals surface area contributed by atoms with Crippen LogP contribution >= 0.6 is 0 Å². The third-order valence-corrected chi connectivity index (χ3v) is 7.88.